The van der Waals surface area contributed by atoms with Crippen molar-refractivity contribution in [2.75, 3.05) is 46.9 Å². The van der Waals surface area contributed by atoms with Gasteiger partial charge >= 0.3 is 0 Å². The maximum Gasteiger partial charge on any atom is 0.236 e. The summed E-state index contributed by atoms with van der Waals surface area (Å²) < 4.78 is 5.15. The summed E-state index contributed by atoms with van der Waals surface area (Å²) in [6.07, 6.45) is 0. The van der Waals surface area contributed by atoms with Gasteiger partial charge in [0.1, 0.15) is 5.75 Å². The van der Waals surface area contributed by atoms with Crippen LogP contribution < -0.4 is 4.74 Å². The molecule has 0 bridgehead atoms. The first-order chi connectivity index (χ1) is 12.2. The fraction of sp³-hybridized carbons (Fsp3) is 0.600. The minimum Gasteiger partial charge on any atom is -0.497 e. The third-order valence-electron chi connectivity index (χ3n) is 4.66. The maximum atomic E-state index is 12.5. The quantitative estimate of drug-likeness (QED) is 0.803. The van der Waals surface area contributed by atoms with Crippen LogP contribution in [0.3, 0.4) is 0 Å². The van der Waals surface area contributed by atoms with Gasteiger partial charge in [-0.15, -0.1) is 0 Å². The van der Waals surface area contributed by atoms with E-state index in [2.05, 4.69) is 4.90 Å². The molecule has 0 aliphatic carbocycles. The van der Waals surface area contributed by atoms with Crippen molar-refractivity contribution in [3.05, 3.63) is 29.8 Å². The van der Waals surface area contributed by atoms with Crippen molar-refractivity contribution in [3.8, 4) is 5.75 Å². The minimum absolute atomic E-state index is 0.0939. The summed E-state index contributed by atoms with van der Waals surface area (Å²) in [6.45, 7) is 9.65. The van der Waals surface area contributed by atoms with E-state index in [1.165, 1.54) is 0 Å². The van der Waals surface area contributed by atoms with Gasteiger partial charge in [0.25, 0.3) is 0 Å². The number of hydrogen-bond donors (Lipinski definition) is 0. The summed E-state index contributed by atoms with van der Waals surface area (Å²) in [4.78, 5) is 30.6. The highest BCUT2D eigenvalue weighted by molar-refractivity contribution is 5.81. The number of piperazine rings is 1. The average molecular weight is 361 g/mol. The lowest BCUT2D eigenvalue weighted by Crippen LogP contribution is -2.53. The van der Waals surface area contributed by atoms with Gasteiger partial charge in [0.05, 0.1) is 13.7 Å². The largest absolute Gasteiger partial charge is 0.497 e. The second kappa shape index (κ2) is 8.54. The summed E-state index contributed by atoms with van der Waals surface area (Å²) in [5, 5.41) is 0. The molecule has 26 heavy (non-hydrogen) atoms. The van der Waals surface area contributed by atoms with Gasteiger partial charge in [-0.1, -0.05) is 32.9 Å². The van der Waals surface area contributed by atoms with E-state index in [0.29, 0.717) is 26.2 Å². The zero-order valence-electron chi connectivity index (χ0n) is 16.6. The van der Waals surface area contributed by atoms with Gasteiger partial charge < -0.3 is 14.5 Å². The molecule has 0 unspecified atom stereocenters. The van der Waals surface area contributed by atoms with Crippen LogP contribution in [0.5, 0.6) is 5.75 Å². The van der Waals surface area contributed by atoms with E-state index in [-0.39, 0.29) is 17.2 Å². The smallest absolute Gasteiger partial charge is 0.236 e. The van der Waals surface area contributed by atoms with Gasteiger partial charge in [0.15, 0.2) is 0 Å². The second-order valence-electron chi connectivity index (χ2n) is 7.92. The molecule has 1 heterocycles. The molecule has 1 aromatic rings. The molecule has 0 saturated carbocycles. The van der Waals surface area contributed by atoms with Crippen molar-refractivity contribution in [1.82, 2.24) is 14.7 Å². The zero-order chi connectivity index (χ0) is 19.3. The Kier molecular flexibility index (Phi) is 6.64. The van der Waals surface area contributed by atoms with E-state index < -0.39 is 0 Å². The van der Waals surface area contributed by atoms with E-state index in [9.17, 15) is 9.59 Å². The lowest BCUT2D eigenvalue weighted by Gasteiger charge is -2.37. The highest BCUT2D eigenvalue weighted by Gasteiger charge is 2.30. The van der Waals surface area contributed by atoms with Crippen LogP contribution in [-0.4, -0.2) is 73.4 Å². The van der Waals surface area contributed by atoms with E-state index in [1.807, 2.05) is 57.0 Å². The number of methoxy groups -OCH3 is 1. The number of amides is 2. The SMILES string of the molecule is COc1ccc(CN(C)C(=O)CN2CCN(C(=O)C(C)(C)C)CC2)cc1. The fourth-order valence-corrected chi connectivity index (χ4v) is 2.99. The van der Waals surface area contributed by atoms with Crippen LogP contribution in [0.1, 0.15) is 26.3 Å². The van der Waals surface area contributed by atoms with Crippen LogP contribution in [0.15, 0.2) is 24.3 Å². The lowest BCUT2D eigenvalue weighted by atomic mass is 9.94. The van der Waals surface area contributed by atoms with Crippen molar-refractivity contribution < 1.29 is 14.3 Å². The molecular weight excluding hydrogens is 330 g/mol. The van der Waals surface area contributed by atoms with E-state index in [4.69, 9.17) is 4.74 Å². The van der Waals surface area contributed by atoms with Crippen LogP contribution in [0.4, 0.5) is 0 Å². The Morgan fingerprint density at radius 3 is 2.15 bits per heavy atom. The van der Waals surface area contributed by atoms with E-state index in [0.717, 1.165) is 24.4 Å². The third-order valence-corrected chi connectivity index (χ3v) is 4.66. The normalized spacial score (nSPS) is 15.7. The number of rotatable bonds is 5. The highest BCUT2D eigenvalue weighted by Crippen LogP contribution is 2.18. The molecule has 0 atom stereocenters. The number of nitrogens with zero attached hydrogens (tertiary/aromatic N) is 3. The molecule has 0 N–H and O–H groups in total. The zero-order valence-corrected chi connectivity index (χ0v) is 16.6. The minimum atomic E-state index is -0.351. The van der Waals surface area contributed by atoms with E-state index >= 15 is 0 Å². The molecule has 0 aromatic heterocycles. The van der Waals surface area contributed by atoms with Crippen LogP contribution in [0.2, 0.25) is 0 Å². The third kappa shape index (κ3) is 5.46. The molecule has 144 valence electrons. The van der Waals surface area contributed by atoms with Crippen LogP contribution >= 0.6 is 0 Å². The Balaban J connectivity index is 1.79. The standard InChI is InChI=1S/C20H31N3O3/c1-20(2,3)19(25)23-12-10-22(11-13-23)15-18(24)21(4)14-16-6-8-17(26-5)9-7-16/h6-9H,10-15H2,1-5H3. The van der Waals surface area contributed by atoms with Gasteiger partial charge in [-0.2, -0.15) is 0 Å². The number of benzene rings is 1. The summed E-state index contributed by atoms with van der Waals surface area (Å²) in [5.41, 5.74) is 0.721. The van der Waals surface area contributed by atoms with Crippen molar-refractivity contribution in [2.24, 2.45) is 5.41 Å². The topological polar surface area (TPSA) is 53.1 Å². The Morgan fingerprint density at radius 2 is 1.65 bits per heavy atom. The first kappa shape index (κ1) is 20.2. The first-order valence-electron chi connectivity index (χ1n) is 9.09. The van der Waals surface area contributed by atoms with Crippen LogP contribution in [-0.2, 0) is 16.1 Å². The van der Waals surface area contributed by atoms with Crippen molar-refractivity contribution >= 4 is 11.8 Å². The predicted molar refractivity (Wildman–Crippen MR) is 102 cm³/mol. The Bertz CT molecular complexity index is 614. The van der Waals surface area contributed by atoms with Crippen molar-refractivity contribution in [3.63, 3.8) is 0 Å². The van der Waals surface area contributed by atoms with Gasteiger partial charge in [0, 0.05) is 45.2 Å². The predicted octanol–water partition coefficient (Wildman–Crippen LogP) is 1.84. The summed E-state index contributed by atoms with van der Waals surface area (Å²) >= 11 is 0. The molecule has 1 fully saturated rings. The number of carbonyl (C=O) groups is 2. The molecule has 6 nitrogen and oxygen atoms in total. The van der Waals surface area contributed by atoms with Gasteiger partial charge in [-0.3, -0.25) is 14.5 Å². The number of likely N-dealkylation sites (N-methyl/N-ethyl adjacent to an activating group) is 1. The molecule has 2 rings (SSSR count). The van der Waals surface area contributed by atoms with Gasteiger partial charge in [-0.25, -0.2) is 0 Å². The molecule has 0 radical (unpaired) electrons. The van der Waals surface area contributed by atoms with E-state index in [1.54, 1.807) is 12.0 Å². The average Bonchev–Trinajstić information content (AvgIpc) is 2.61. The second-order valence-corrected chi connectivity index (χ2v) is 7.92. The van der Waals surface area contributed by atoms with Crippen molar-refractivity contribution in [2.45, 2.75) is 27.3 Å². The Morgan fingerprint density at radius 1 is 1.08 bits per heavy atom. The molecule has 1 aromatic carbocycles. The van der Waals surface area contributed by atoms with Crippen molar-refractivity contribution in [1.29, 1.82) is 0 Å². The van der Waals surface area contributed by atoms with Gasteiger partial charge in [0.2, 0.25) is 11.8 Å². The molecule has 6 heteroatoms. The summed E-state index contributed by atoms with van der Waals surface area (Å²) in [6, 6.07) is 7.75. The highest BCUT2D eigenvalue weighted by atomic mass is 16.5. The van der Waals surface area contributed by atoms with Crippen LogP contribution in [0, 0.1) is 5.41 Å². The fourth-order valence-electron chi connectivity index (χ4n) is 2.99. The summed E-state index contributed by atoms with van der Waals surface area (Å²) in [5.74, 6) is 1.09. The number of ether oxygens (including phenoxy) is 1. The molecule has 1 aliphatic rings. The molecule has 0 spiro atoms. The number of hydrogen-bond acceptors (Lipinski definition) is 4. The Hall–Kier alpha value is -2.08. The first-order valence-corrected chi connectivity index (χ1v) is 9.09. The molecule has 1 saturated heterocycles. The maximum absolute atomic E-state index is 12.5. The molecule has 2 amide bonds. The van der Waals surface area contributed by atoms with Crippen LogP contribution in [0.25, 0.3) is 0 Å². The van der Waals surface area contributed by atoms with Gasteiger partial charge in [-0.05, 0) is 17.7 Å². The number of carbonyl (C=O) groups excluding carboxylic acids is 2. The summed E-state index contributed by atoms with van der Waals surface area (Å²) in [7, 11) is 3.46. The monoisotopic (exact) mass is 361 g/mol. The molecule has 1 aliphatic heterocycles. The molecular formula is C20H31N3O3. The Labute approximate surface area is 156 Å². The lowest BCUT2D eigenvalue weighted by molar-refractivity contribution is -0.141.